The van der Waals surface area contributed by atoms with Crippen LogP contribution in [0.5, 0.6) is 0 Å². The first-order valence-corrected chi connectivity index (χ1v) is 12.0. The molecule has 1 fully saturated rings. The lowest BCUT2D eigenvalue weighted by Gasteiger charge is -2.26. The van der Waals surface area contributed by atoms with Gasteiger partial charge in [0.15, 0.2) is 5.78 Å². The smallest absolute Gasteiger partial charge is 0.264 e. The molecule has 33 heavy (non-hydrogen) atoms. The van der Waals surface area contributed by atoms with Crippen LogP contribution in [-0.4, -0.2) is 59.6 Å². The highest BCUT2D eigenvalue weighted by atomic mass is 32.2. The lowest BCUT2D eigenvalue weighted by molar-refractivity contribution is 0.0730. The Labute approximate surface area is 190 Å². The van der Waals surface area contributed by atoms with Crippen molar-refractivity contribution < 1.29 is 22.4 Å². The Hall–Kier alpha value is -3.34. The molecule has 170 valence electrons. The summed E-state index contributed by atoms with van der Waals surface area (Å²) in [5, 5.41) is 8.94. The van der Waals surface area contributed by atoms with Gasteiger partial charge in [0.2, 0.25) is 15.9 Å². The molecule has 0 atom stereocenters. The number of ketones is 1. The van der Waals surface area contributed by atoms with Crippen molar-refractivity contribution in [3.63, 3.8) is 0 Å². The Morgan fingerprint density at radius 2 is 1.82 bits per heavy atom. The first-order valence-electron chi connectivity index (χ1n) is 10.5. The molecule has 5 rings (SSSR count). The van der Waals surface area contributed by atoms with Crippen LogP contribution < -0.4 is 0 Å². The second-order valence-electron chi connectivity index (χ2n) is 7.77. The predicted octanol–water partition coefficient (Wildman–Crippen LogP) is 2.90. The maximum atomic E-state index is 13.3. The third-order valence-corrected chi connectivity index (χ3v) is 7.52. The zero-order chi connectivity index (χ0) is 23.0. The molecule has 2 aromatic heterocycles. The van der Waals surface area contributed by atoms with Crippen molar-refractivity contribution in [1.82, 2.24) is 19.1 Å². The number of aromatic nitrogens is 3. The van der Waals surface area contributed by atoms with E-state index in [1.165, 1.54) is 16.4 Å². The molecule has 1 saturated heterocycles. The number of sulfonamides is 1. The van der Waals surface area contributed by atoms with Crippen LogP contribution in [0.2, 0.25) is 0 Å². The molecule has 1 aliphatic rings. The van der Waals surface area contributed by atoms with E-state index >= 15 is 0 Å². The van der Waals surface area contributed by atoms with Crippen LogP contribution in [0.4, 0.5) is 0 Å². The van der Waals surface area contributed by atoms with Crippen molar-refractivity contribution in [1.29, 1.82) is 0 Å². The number of nitrogens with zero attached hydrogens (tertiary/aromatic N) is 4. The van der Waals surface area contributed by atoms with Crippen LogP contribution in [0.25, 0.3) is 22.5 Å². The molecule has 0 saturated carbocycles. The fourth-order valence-corrected chi connectivity index (χ4v) is 5.41. The number of morpholine rings is 1. The minimum Gasteiger partial charge on any atom is -0.420 e. The minimum absolute atomic E-state index is 0.00860. The molecule has 9 nitrogen and oxygen atoms in total. The Bertz CT molecular complexity index is 1430. The molecule has 0 N–H and O–H groups in total. The van der Waals surface area contributed by atoms with E-state index < -0.39 is 10.0 Å². The quantitative estimate of drug-likeness (QED) is 0.402. The third-order valence-electron chi connectivity index (χ3n) is 5.62. The molecular weight excluding hydrogens is 444 g/mol. The van der Waals surface area contributed by atoms with Gasteiger partial charge in [-0.25, -0.2) is 8.42 Å². The highest BCUT2D eigenvalue weighted by Crippen LogP contribution is 2.28. The topological polar surface area (TPSA) is 108 Å². The number of hydrogen-bond acceptors (Lipinski definition) is 7. The summed E-state index contributed by atoms with van der Waals surface area (Å²) in [5.74, 6) is 0.516. The van der Waals surface area contributed by atoms with E-state index in [0.717, 1.165) is 10.9 Å². The normalized spacial score (nSPS) is 15.2. The molecule has 4 aromatic rings. The average Bonchev–Trinajstić information content (AvgIpc) is 3.43. The van der Waals surface area contributed by atoms with Crippen molar-refractivity contribution in [3.05, 3.63) is 66.1 Å². The fraction of sp³-hybridized carbons (Fsp3) is 0.261. The van der Waals surface area contributed by atoms with Crippen molar-refractivity contribution in [2.75, 3.05) is 26.3 Å². The zero-order valence-electron chi connectivity index (χ0n) is 18.0. The second-order valence-corrected chi connectivity index (χ2v) is 9.71. The number of ether oxygens (including phenoxy) is 1. The first-order chi connectivity index (χ1) is 15.9. The van der Waals surface area contributed by atoms with E-state index in [1.54, 1.807) is 19.1 Å². The lowest BCUT2D eigenvalue weighted by atomic mass is 10.1. The van der Waals surface area contributed by atoms with Gasteiger partial charge < -0.3 is 13.7 Å². The number of Topliss-reactive ketones (excluding diaryl/α,β-unsaturated/α-hetero) is 1. The zero-order valence-corrected chi connectivity index (χ0v) is 18.8. The average molecular weight is 467 g/mol. The number of fused-ring (bicyclic) bond motifs is 1. The number of aryl methyl sites for hydroxylation is 1. The van der Waals surface area contributed by atoms with Gasteiger partial charge in [0.25, 0.3) is 5.89 Å². The van der Waals surface area contributed by atoms with Gasteiger partial charge in [0, 0.05) is 36.5 Å². The molecular formula is C23H22N4O5S. The Morgan fingerprint density at radius 3 is 2.58 bits per heavy atom. The van der Waals surface area contributed by atoms with Gasteiger partial charge in [0.05, 0.1) is 24.7 Å². The minimum atomic E-state index is -3.70. The summed E-state index contributed by atoms with van der Waals surface area (Å²) < 4.78 is 40.1. The van der Waals surface area contributed by atoms with Gasteiger partial charge in [-0.15, -0.1) is 10.2 Å². The molecule has 0 bridgehead atoms. The summed E-state index contributed by atoms with van der Waals surface area (Å²) in [4.78, 5) is 13.4. The van der Waals surface area contributed by atoms with Crippen LogP contribution in [0, 0.1) is 6.92 Å². The maximum absolute atomic E-state index is 13.3. The standard InChI is InChI=1S/C23H22N4O5S/c1-16-24-25-23(32-16)21-14-17-5-2-3-8-20(17)27(21)15-22(28)18-6-4-7-19(13-18)33(29,30)26-9-11-31-12-10-26/h2-8,13-14H,9-12,15H2,1H3. The Morgan fingerprint density at radius 1 is 1.03 bits per heavy atom. The lowest BCUT2D eigenvalue weighted by Crippen LogP contribution is -2.40. The van der Waals surface area contributed by atoms with Crippen molar-refractivity contribution in [2.45, 2.75) is 18.4 Å². The summed E-state index contributed by atoms with van der Waals surface area (Å²) in [6, 6.07) is 15.7. The number of hydrogen-bond donors (Lipinski definition) is 0. The summed E-state index contributed by atoms with van der Waals surface area (Å²) in [6.45, 7) is 3.00. The number of carbonyl (C=O) groups excluding carboxylic acids is 1. The summed E-state index contributed by atoms with van der Waals surface area (Å²) >= 11 is 0. The van der Waals surface area contributed by atoms with Gasteiger partial charge in [-0.3, -0.25) is 4.79 Å². The van der Waals surface area contributed by atoms with Gasteiger partial charge in [0.1, 0.15) is 5.69 Å². The van der Waals surface area contributed by atoms with E-state index in [1.807, 2.05) is 34.9 Å². The van der Waals surface area contributed by atoms with Crippen molar-refractivity contribution in [2.24, 2.45) is 0 Å². The van der Waals surface area contributed by atoms with Gasteiger partial charge in [-0.05, 0) is 24.3 Å². The Kier molecular flexibility index (Phi) is 5.57. The Balaban J connectivity index is 1.49. The fourth-order valence-electron chi connectivity index (χ4n) is 3.96. The number of para-hydroxylation sites is 1. The molecule has 0 radical (unpaired) electrons. The van der Waals surface area contributed by atoms with Gasteiger partial charge in [-0.1, -0.05) is 30.3 Å². The molecule has 3 heterocycles. The van der Waals surface area contributed by atoms with Crippen LogP contribution in [0.1, 0.15) is 16.2 Å². The highest BCUT2D eigenvalue weighted by Gasteiger charge is 2.27. The van der Waals surface area contributed by atoms with Gasteiger partial charge in [-0.2, -0.15) is 4.31 Å². The van der Waals surface area contributed by atoms with Crippen LogP contribution >= 0.6 is 0 Å². The molecule has 2 aromatic carbocycles. The van der Waals surface area contributed by atoms with E-state index in [4.69, 9.17) is 9.15 Å². The molecule has 0 amide bonds. The first kappa shape index (κ1) is 21.5. The number of benzene rings is 2. The number of carbonyl (C=O) groups is 1. The second kappa shape index (κ2) is 8.54. The molecule has 0 unspecified atom stereocenters. The summed E-state index contributed by atoms with van der Waals surface area (Å²) in [7, 11) is -3.70. The summed E-state index contributed by atoms with van der Waals surface area (Å²) in [6.07, 6.45) is 0. The van der Waals surface area contributed by atoms with Crippen molar-refractivity contribution in [3.8, 4) is 11.6 Å². The third kappa shape index (κ3) is 4.08. The van der Waals surface area contributed by atoms with E-state index in [-0.39, 0.29) is 17.2 Å². The number of rotatable bonds is 6. The predicted molar refractivity (Wildman–Crippen MR) is 120 cm³/mol. The monoisotopic (exact) mass is 466 g/mol. The van der Waals surface area contributed by atoms with E-state index in [2.05, 4.69) is 10.2 Å². The molecule has 10 heteroatoms. The van der Waals surface area contributed by atoms with Gasteiger partial charge >= 0.3 is 0 Å². The van der Waals surface area contributed by atoms with Crippen LogP contribution in [0.15, 0.2) is 63.9 Å². The maximum Gasteiger partial charge on any atom is 0.264 e. The molecule has 1 aliphatic heterocycles. The molecule has 0 spiro atoms. The van der Waals surface area contributed by atoms with Crippen molar-refractivity contribution >= 4 is 26.7 Å². The largest absolute Gasteiger partial charge is 0.420 e. The summed E-state index contributed by atoms with van der Waals surface area (Å²) in [5.41, 5.74) is 1.78. The highest BCUT2D eigenvalue weighted by molar-refractivity contribution is 7.89. The SMILES string of the molecule is Cc1nnc(-c2cc3ccccc3n2CC(=O)c2cccc(S(=O)(=O)N3CCOCC3)c2)o1. The molecule has 0 aliphatic carbocycles. The van der Waals surface area contributed by atoms with Crippen LogP contribution in [0.3, 0.4) is 0 Å². The van der Waals surface area contributed by atoms with Crippen LogP contribution in [-0.2, 0) is 21.3 Å². The van der Waals surface area contributed by atoms with E-state index in [0.29, 0.717) is 49.3 Å². The van der Waals surface area contributed by atoms with E-state index in [9.17, 15) is 13.2 Å².